The lowest BCUT2D eigenvalue weighted by Crippen LogP contribution is -2.49. The van der Waals surface area contributed by atoms with Crippen molar-refractivity contribution in [3.05, 3.63) is 30.5 Å². The van der Waals surface area contributed by atoms with Crippen molar-refractivity contribution in [1.82, 2.24) is 9.97 Å². The van der Waals surface area contributed by atoms with Crippen LogP contribution in [-0.2, 0) is 4.79 Å². The van der Waals surface area contributed by atoms with Crippen molar-refractivity contribution in [3.8, 4) is 0 Å². The quantitative estimate of drug-likeness (QED) is 0.908. The number of aliphatic carboxylic acids is 1. The number of fused-ring (bicyclic) bond motifs is 1. The van der Waals surface area contributed by atoms with E-state index in [2.05, 4.69) is 9.97 Å². The molecule has 1 aromatic heterocycles. The Balaban J connectivity index is 2.01. The predicted octanol–water partition coefficient (Wildman–Crippen LogP) is 2.32. The smallest absolute Gasteiger partial charge is 0.326 e. The van der Waals surface area contributed by atoms with Gasteiger partial charge in [-0.2, -0.15) is 0 Å². The molecule has 2 unspecified atom stereocenters. The fourth-order valence-corrected chi connectivity index (χ4v) is 2.91. The van der Waals surface area contributed by atoms with Crippen LogP contribution in [0.4, 0.5) is 5.82 Å². The summed E-state index contributed by atoms with van der Waals surface area (Å²) in [4.78, 5) is 22.3. The first-order valence-electron chi connectivity index (χ1n) is 6.88. The van der Waals surface area contributed by atoms with Gasteiger partial charge in [0.2, 0.25) is 0 Å². The number of carboxylic acids is 1. The van der Waals surface area contributed by atoms with Gasteiger partial charge in [-0.25, -0.2) is 9.78 Å². The van der Waals surface area contributed by atoms with Crippen LogP contribution in [0.25, 0.3) is 11.0 Å². The van der Waals surface area contributed by atoms with Crippen LogP contribution in [0.2, 0.25) is 0 Å². The molecule has 0 spiro atoms. The Morgan fingerprint density at radius 3 is 2.85 bits per heavy atom. The number of hydrogen-bond acceptors (Lipinski definition) is 4. The molecule has 20 heavy (non-hydrogen) atoms. The molecule has 3 rings (SSSR count). The number of carbonyl (C=O) groups is 1. The number of benzene rings is 1. The van der Waals surface area contributed by atoms with Gasteiger partial charge in [0, 0.05) is 6.54 Å². The van der Waals surface area contributed by atoms with E-state index in [0.717, 1.165) is 23.9 Å². The van der Waals surface area contributed by atoms with Gasteiger partial charge in [-0.05, 0) is 30.9 Å². The van der Waals surface area contributed by atoms with E-state index in [1.807, 2.05) is 36.1 Å². The van der Waals surface area contributed by atoms with Gasteiger partial charge in [0.25, 0.3) is 0 Å². The molecule has 5 nitrogen and oxygen atoms in total. The zero-order valence-corrected chi connectivity index (χ0v) is 11.4. The van der Waals surface area contributed by atoms with Gasteiger partial charge in [0.15, 0.2) is 0 Å². The van der Waals surface area contributed by atoms with Crippen LogP contribution < -0.4 is 4.90 Å². The highest BCUT2D eigenvalue weighted by Gasteiger charge is 2.35. The Labute approximate surface area is 117 Å². The summed E-state index contributed by atoms with van der Waals surface area (Å²) < 4.78 is 0. The van der Waals surface area contributed by atoms with Gasteiger partial charge in [-0.3, -0.25) is 4.98 Å². The molecule has 0 saturated carbocycles. The van der Waals surface area contributed by atoms with E-state index in [-0.39, 0.29) is 5.92 Å². The average Bonchev–Trinajstić information content (AvgIpc) is 2.46. The number of carboxylic acid groups (broad SMARTS) is 1. The molecule has 2 atom stereocenters. The first-order chi connectivity index (χ1) is 9.66. The minimum atomic E-state index is -0.785. The van der Waals surface area contributed by atoms with Crippen LogP contribution in [0.3, 0.4) is 0 Å². The number of piperidine rings is 1. The normalized spacial score (nSPS) is 22.9. The topological polar surface area (TPSA) is 66.3 Å². The SMILES string of the molecule is CC1CCCN(c2cnc3ccccc3n2)C1C(=O)O. The molecule has 0 radical (unpaired) electrons. The molecule has 1 aromatic carbocycles. The minimum Gasteiger partial charge on any atom is -0.480 e. The van der Waals surface area contributed by atoms with Crippen LogP contribution in [0.1, 0.15) is 19.8 Å². The molecular formula is C15H17N3O2. The molecule has 2 heterocycles. The van der Waals surface area contributed by atoms with Gasteiger partial charge >= 0.3 is 5.97 Å². The Bertz CT molecular complexity index is 644. The third-order valence-electron chi connectivity index (χ3n) is 3.92. The standard InChI is InChI=1S/C15H17N3O2/c1-10-5-4-8-18(14(10)15(19)20)13-9-16-11-6-2-3-7-12(11)17-13/h2-3,6-7,9-10,14H,4-5,8H2,1H3,(H,19,20). The van der Waals surface area contributed by atoms with E-state index in [1.54, 1.807) is 6.20 Å². The molecule has 1 saturated heterocycles. The van der Waals surface area contributed by atoms with Crippen molar-refractivity contribution in [2.45, 2.75) is 25.8 Å². The van der Waals surface area contributed by atoms with Gasteiger partial charge < -0.3 is 10.0 Å². The van der Waals surface area contributed by atoms with Crippen molar-refractivity contribution in [2.24, 2.45) is 5.92 Å². The number of rotatable bonds is 2. The summed E-state index contributed by atoms with van der Waals surface area (Å²) in [5.74, 6) is -0.00988. The number of para-hydroxylation sites is 2. The van der Waals surface area contributed by atoms with Crippen molar-refractivity contribution in [3.63, 3.8) is 0 Å². The molecule has 0 amide bonds. The van der Waals surface area contributed by atoms with Crippen LogP contribution in [0.5, 0.6) is 0 Å². The summed E-state index contributed by atoms with van der Waals surface area (Å²) in [6.45, 7) is 2.70. The van der Waals surface area contributed by atoms with Crippen molar-refractivity contribution in [1.29, 1.82) is 0 Å². The largest absolute Gasteiger partial charge is 0.480 e. The number of aromatic nitrogens is 2. The first kappa shape index (κ1) is 12.8. The summed E-state index contributed by atoms with van der Waals surface area (Å²) >= 11 is 0. The molecule has 1 aliphatic rings. The predicted molar refractivity (Wildman–Crippen MR) is 76.7 cm³/mol. The second kappa shape index (κ2) is 5.07. The molecule has 104 valence electrons. The highest BCUT2D eigenvalue weighted by molar-refractivity contribution is 5.80. The Hall–Kier alpha value is -2.17. The number of hydrogen-bond donors (Lipinski definition) is 1. The first-order valence-corrected chi connectivity index (χ1v) is 6.88. The minimum absolute atomic E-state index is 0.120. The molecule has 1 N–H and O–H groups in total. The Kier molecular flexibility index (Phi) is 3.26. The highest BCUT2D eigenvalue weighted by atomic mass is 16.4. The number of nitrogens with zero attached hydrogens (tertiary/aromatic N) is 3. The van der Waals surface area contributed by atoms with E-state index in [9.17, 15) is 9.90 Å². The molecule has 1 fully saturated rings. The van der Waals surface area contributed by atoms with Gasteiger partial charge in [-0.15, -0.1) is 0 Å². The van der Waals surface area contributed by atoms with E-state index >= 15 is 0 Å². The lowest BCUT2D eigenvalue weighted by Gasteiger charge is -2.37. The maximum atomic E-state index is 11.5. The van der Waals surface area contributed by atoms with Gasteiger partial charge in [0.1, 0.15) is 11.9 Å². The van der Waals surface area contributed by atoms with E-state index in [4.69, 9.17) is 0 Å². The van der Waals surface area contributed by atoms with Crippen LogP contribution >= 0.6 is 0 Å². The van der Waals surface area contributed by atoms with E-state index < -0.39 is 12.0 Å². The lowest BCUT2D eigenvalue weighted by molar-refractivity contribution is -0.140. The summed E-state index contributed by atoms with van der Waals surface area (Å²) in [5.41, 5.74) is 1.63. The zero-order chi connectivity index (χ0) is 14.1. The van der Waals surface area contributed by atoms with Crippen LogP contribution in [0, 0.1) is 5.92 Å². The second-order valence-corrected chi connectivity index (χ2v) is 5.31. The highest BCUT2D eigenvalue weighted by Crippen LogP contribution is 2.28. The van der Waals surface area contributed by atoms with Gasteiger partial charge in [0.05, 0.1) is 17.2 Å². The molecule has 0 bridgehead atoms. The maximum absolute atomic E-state index is 11.5. The van der Waals surface area contributed by atoms with Gasteiger partial charge in [-0.1, -0.05) is 19.1 Å². The summed E-state index contributed by atoms with van der Waals surface area (Å²) in [6.07, 6.45) is 3.60. The van der Waals surface area contributed by atoms with Crippen molar-refractivity contribution in [2.75, 3.05) is 11.4 Å². The van der Waals surface area contributed by atoms with Crippen LogP contribution in [-0.4, -0.2) is 33.6 Å². The molecule has 5 heteroatoms. The maximum Gasteiger partial charge on any atom is 0.326 e. The van der Waals surface area contributed by atoms with Crippen LogP contribution in [0.15, 0.2) is 30.5 Å². The van der Waals surface area contributed by atoms with E-state index in [0.29, 0.717) is 12.4 Å². The summed E-state index contributed by atoms with van der Waals surface area (Å²) in [5, 5.41) is 9.46. The zero-order valence-electron chi connectivity index (χ0n) is 11.4. The lowest BCUT2D eigenvalue weighted by atomic mass is 9.91. The Morgan fingerprint density at radius 2 is 2.10 bits per heavy atom. The number of anilines is 1. The molecule has 1 aliphatic heterocycles. The second-order valence-electron chi connectivity index (χ2n) is 5.31. The fourth-order valence-electron chi connectivity index (χ4n) is 2.91. The van der Waals surface area contributed by atoms with Crippen molar-refractivity contribution < 1.29 is 9.90 Å². The molecule has 0 aliphatic carbocycles. The Morgan fingerprint density at radius 1 is 1.35 bits per heavy atom. The molecule has 2 aromatic rings. The average molecular weight is 271 g/mol. The third-order valence-corrected chi connectivity index (χ3v) is 3.92. The molecular weight excluding hydrogens is 254 g/mol. The van der Waals surface area contributed by atoms with Crippen molar-refractivity contribution >= 4 is 22.8 Å². The van der Waals surface area contributed by atoms with E-state index in [1.165, 1.54) is 0 Å². The summed E-state index contributed by atoms with van der Waals surface area (Å²) in [7, 11) is 0. The fraction of sp³-hybridized carbons (Fsp3) is 0.400. The third kappa shape index (κ3) is 2.19. The monoisotopic (exact) mass is 271 g/mol. The summed E-state index contributed by atoms with van der Waals surface area (Å²) in [6, 6.07) is 7.11.